The molecule has 1 amide bonds. The molecular formula is C12H22N4O2. The number of carbonyl (C=O) groups is 1. The van der Waals surface area contributed by atoms with E-state index in [2.05, 4.69) is 10.4 Å². The van der Waals surface area contributed by atoms with E-state index in [1.807, 2.05) is 13.8 Å². The van der Waals surface area contributed by atoms with Crippen molar-refractivity contribution in [3.05, 3.63) is 12.3 Å². The Bertz CT molecular complexity index is 389. The molecule has 0 aromatic carbocycles. The van der Waals surface area contributed by atoms with Crippen LogP contribution in [0.4, 0.5) is 5.82 Å². The third kappa shape index (κ3) is 3.54. The molecule has 0 aliphatic carbocycles. The molecule has 1 unspecified atom stereocenters. The predicted molar refractivity (Wildman–Crippen MR) is 70.4 cm³/mol. The fraction of sp³-hybridized carbons (Fsp3) is 0.667. The van der Waals surface area contributed by atoms with Gasteiger partial charge in [-0.2, -0.15) is 5.10 Å². The molecule has 1 rings (SSSR count). The second-order valence-electron chi connectivity index (χ2n) is 4.62. The van der Waals surface area contributed by atoms with E-state index >= 15 is 0 Å². The number of likely N-dealkylation sites (N-methyl/N-ethyl adjacent to an activating group) is 1. The normalized spacial score (nSPS) is 13.1. The molecule has 0 spiro atoms. The average molecular weight is 254 g/mol. The first kappa shape index (κ1) is 14.7. The van der Waals surface area contributed by atoms with E-state index in [1.165, 1.54) is 0 Å². The molecule has 0 bridgehead atoms. The summed E-state index contributed by atoms with van der Waals surface area (Å²) in [7, 11) is 1.81. The van der Waals surface area contributed by atoms with Gasteiger partial charge in [0.15, 0.2) is 0 Å². The van der Waals surface area contributed by atoms with Crippen LogP contribution in [0.5, 0.6) is 0 Å². The zero-order valence-corrected chi connectivity index (χ0v) is 11.4. The highest BCUT2D eigenvalue weighted by Gasteiger charge is 2.19. The van der Waals surface area contributed by atoms with E-state index in [1.54, 1.807) is 35.8 Å². The number of nitrogens with one attached hydrogen (secondary N) is 1. The number of aliphatic hydroxyl groups is 1. The van der Waals surface area contributed by atoms with Crippen LogP contribution >= 0.6 is 0 Å². The molecule has 102 valence electrons. The Morgan fingerprint density at radius 3 is 2.78 bits per heavy atom. The first-order chi connectivity index (χ1) is 8.47. The maximum absolute atomic E-state index is 12.0. The lowest BCUT2D eigenvalue weighted by atomic mass is 10.2. The van der Waals surface area contributed by atoms with Gasteiger partial charge in [-0.05, 0) is 27.8 Å². The van der Waals surface area contributed by atoms with Gasteiger partial charge in [0.25, 0.3) is 0 Å². The van der Waals surface area contributed by atoms with Crippen LogP contribution in [0.3, 0.4) is 0 Å². The van der Waals surface area contributed by atoms with Gasteiger partial charge in [-0.1, -0.05) is 0 Å². The summed E-state index contributed by atoms with van der Waals surface area (Å²) in [5, 5.41) is 15.9. The summed E-state index contributed by atoms with van der Waals surface area (Å²) in [6, 6.07) is 1.67. The van der Waals surface area contributed by atoms with Gasteiger partial charge in [-0.15, -0.1) is 0 Å². The molecule has 6 heteroatoms. The van der Waals surface area contributed by atoms with Crippen molar-refractivity contribution in [2.45, 2.75) is 32.9 Å². The van der Waals surface area contributed by atoms with Gasteiger partial charge in [0.05, 0.1) is 18.8 Å². The average Bonchev–Trinajstić information content (AvgIpc) is 2.76. The molecule has 0 fully saturated rings. The van der Waals surface area contributed by atoms with Gasteiger partial charge in [0.2, 0.25) is 5.91 Å². The predicted octanol–water partition coefficient (Wildman–Crippen LogP) is 0.715. The van der Waals surface area contributed by atoms with Crippen molar-refractivity contribution >= 4 is 11.7 Å². The number of aliphatic hydroxyl groups excluding tert-OH is 1. The number of nitrogens with zero attached hydrogens (tertiary/aromatic N) is 3. The van der Waals surface area contributed by atoms with Crippen LogP contribution in [-0.4, -0.2) is 51.9 Å². The molecule has 0 saturated carbocycles. The van der Waals surface area contributed by atoms with Gasteiger partial charge in [-0.3, -0.25) is 9.69 Å². The third-order valence-corrected chi connectivity index (χ3v) is 2.90. The van der Waals surface area contributed by atoms with Crippen LogP contribution in [0.15, 0.2) is 12.3 Å². The third-order valence-electron chi connectivity index (χ3n) is 2.90. The van der Waals surface area contributed by atoms with Crippen molar-refractivity contribution < 1.29 is 9.90 Å². The highest BCUT2D eigenvalue weighted by molar-refractivity contribution is 5.93. The molecular weight excluding hydrogens is 232 g/mol. The van der Waals surface area contributed by atoms with Crippen molar-refractivity contribution in [2.24, 2.45) is 0 Å². The Morgan fingerprint density at radius 1 is 1.56 bits per heavy atom. The van der Waals surface area contributed by atoms with E-state index in [0.29, 0.717) is 12.4 Å². The lowest BCUT2D eigenvalue weighted by Gasteiger charge is -2.23. The van der Waals surface area contributed by atoms with Gasteiger partial charge < -0.3 is 10.4 Å². The number of amides is 1. The molecule has 1 heterocycles. The number of hydrogen-bond donors (Lipinski definition) is 2. The highest BCUT2D eigenvalue weighted by Crippen LogP contribution is 2.13. The Hall–Kier alpha value is -1.40. The minimum Gasteiger partial charge on any atom is -0.395 e. The van der Waals surface area contributed by atoms with E-state index in [9.17, 15) is 4.79 Å². The lowest BCUT2D eigenvalue weighted by molar-refractivity contribution is -0.120. The van der Waals surface area contributed by atoms with Gasteiger partial charge >= 0.3 is 0 Å². The van der Waals surface area contributed by atoms with Crippen molar-refractivity contribution in [1.82, 2.24) is 14.7 Å². The summed E-state index contributed by atoms with van der Waals surface area (Å²) in [5.74, 6) is 0.590. The zero-order chi connectivity index (χ0) is 13.7. The Balaban J connectivity index is 2.66. The molecule has 18 heavy (non-hydrogen) atoms. The summed E-state index contributed by atoms with van der Waals surface area (Å²) in [5.41, 5.74) is 0. The van der Waals surface area contributed by atoms with E-state index in [4.69, 9.17) is 5.11 Å². The summed E-state index contributed by atoms with van der Waals surface area (Å²) >= 11 is 0. The van der Waals surface area contributed by atoms with Gasteiger partial charge in [-0.25, -0.2) is 4.68 Å². The van der Waals surface area contributed by atoms with Crippen molar-refractivity contribution in [3.8, 4) is 0 Å². The van der Waals surface area contributed by atoms with Crippen LogP contribution in [0.2, 0.25) is 0 Å². The topological polar surface area (TPSA) is 70.4 Å². The summed E-state index contributed by atoms with van der Waals surface area (Å²) in [6.07, 6.45) is 1.66. The second-order valence-corrected chi connectivity index (χ2v) is 4.62. The maximum atomic E-state index is 12.0. The second kappa shape index (κ2) is 6.51. The SMILES string of the molecule is CC(C(=O)Nc1ccnn1C(C)C)N(C)CCO. The molecule has 1 atom stereocenters. The first-order valence-corrected chi connectivity index (χ1v) is 6.12. The molecule has 0 saturated heterocycles. The summed E-state index contributed by atoms with van der Waals surface area (Å²) in [6.45, 7) is 6.32. The fourth-order valence-electron chi connectivity index (χ4n) is 1.61. The van der Waals surface area contributed by atoms with E-state index < -0.39 is 0 Å². The number of anilines is 1. The number of hydrogen-bond acceptors (Lipinski definition) is 4. The molecule has 2 N–H and O–H groups in total. The monoisotopic (exact) mass is 254 g/mol. The number of rotatable bonds is 6. The molecule has 0 aliphatic rings. The van der Waals surface area contributed by atoms with Crippen LogP contribution in [0.25, 0.3) is 0 Å². The zero-order valence-electron chi connectivity index (χ0n) is 11.4. The smallest absolute Gasteiger partial charge is 0.242 e. The molecule has 0 aliphatic heterocycles. The van der Waals surface area contributed by atoms with Crippen LogP contribution in [-0.2, 0) is 4.79 Å². The quantitative estimate of drug-likeness (QED) is 0.784. The standard InChI is InChI=1S/C12H22N4O2/c1-9(2)16-11(5-6-13-16)14-12(18)10(3)15(4)7-8-17/h5-6,9-10,17H,7-8H2,1-4H3,(H,14,18). The minimum atomic E-state index is -0.298. The maximum Gasteiger partial charge on any atom is 0.242 e. The molecule has 1 aromatic rings. The van der Waals surface area contributed by atoms with Gasteiger partial charge in [0, 0.05) is 18.7 Å². The molecule has 1 aromatic heterocycles. The van der Waals surface area contributed by atoms with Crippen molar-refractivity contribution in [3.63, 3.8) is 0 Å². The largest absolute Gasteiger partial charge is 0.395 e. The Morgan fingerprint density at radius 2 is 2.22 bits per heavy atom. The summed E-state index contributed by atoms with van der Waals surface area (Å²) < 4.78 is 1.76. The first-order valence-electron chi connectivity index (χ1n) is 6.12. The van der Waals surface area contributed by atoms with Crippen LogP contribution in [0.1, 0.15) is 26.8 Å². The Labute approximate surface area is 108 Å². The van der Waals surface area contributed by atoms with Crippen molar-refractivity contribution in [2.75, 3.05) is 25.5 Å². The fourth-order valence-corrected chi connectivity index (χ4v) is 1.61. The van der Waals surface area contributed by atoms with Gasteiger partial charge in [0.1, 0.15) is 5.82 Å². The number of carbonyl (C=O) groups excluding carboxylic acids is 1. The van der Waals surface area contributed by atoms with E-state index in [-0.39, 0.29) is 24.6 Å². The number of aromatic nitrogens is 2. The Kier molecular flexibility index (Phi) is 5.30. The van der Waals surface area contributed by atoms with Crippen molar-refractivity contribution in [1.29, 1.82) is 0 Å². The minimum absolute atomic E-state index is 0.0397. The lowest BCUT2D eigenvalue weighted by Crippen LogP contribution is -2.41. The van der Waals surface area contributed by atoms with Crippen LogP contribution < -0.4 is 5.32 Å². The molecule has 6 nitrogen and oxygen atoms in total. The highest BCUT2D eigenvalue weighted by atomic mass is 16.3. The van der Waals surface area contributed by atoms with Crippen LogP contribution in [0, 0.1) is 0 Å². The van der Waals surface area contributed by atoms with E-state index in [0.717, 1.165) is 0 Å². The summed E-state index contributed by atoms with van der Waals surface area (Å²) in [4.78, 5) is 13.8. The molecule has 0 radical (unpaired) electrons.